The lowest BCUT2D eigenvalue weighted by Crippen LogP contribution is -2.25. The molecule has 30 heavy (non-hydrogen) atoms. The van der Waals surface area contributed by atoms with Crippen LogP contribution >= 0.6 is 0 Å². The molecule has 1 aromatic carbocycles. The number of nitrogens with two attached hydrogens (primary N) is 1. The van der Waals surface area contributed by atoms with Gasteiger partial charge in [-0.2, -0.15) is 18.3 Å². The fraction of sp³-hybridized carbons (Fsp3) is 0.200. The van der Waals surface area contributed by atoms with Gasteiger partial charge in [-0.1, -0.05) is 6.07 Å². The number of aliphatic imine (C=N–C) groups is 1. The summed E-state index contributed by atoms with van der Waals surface area (Å²) in [5.74, 6) is 0. The average molecular weight is 412 g/mol. The number of aromatic amines is 1. The fourth-order valence-corrected chi connectivity index (χ4v) is 3.38. The minimum atomic E-state index is -4.67. The molecule has 7 nitrogen and oxygen atoms in total. The van der Waals surface area contributed by atoms with Gasteiger partial charge in [0.15, 0.2) is 0 Å². The van der Waals surface area contributed by atoms with Gasteiger partial charge in [0, 0.05) is 22.6 Å². The molecule has 0 bridgehead atoms. The van der Waals surface area contributed by atoms with E-state index in [9.17, 15) is 18.0 Å². The maximum atomic E-state index is 13.4. The minimum Gasteiger partial charge on any atom is -0.394 e. The second-order valence-electron chi connectivity index (χ2n) is 7.15. The Kier molecular flexibility index (Phi) is 3.92. The summed E-state index contributed by atoms with van der Waals surface area (Å²) >= 11 is 0. The number of fused-ring (bicyclic) bond motifs is 2. The molecule has 0 radical (unpaired) electrons. The largest absolute Gasteiger partial charge is 0.433 e. The Balaban J connectivity index is 1.89. The van der Waals surface area contributed by atoms with Crippen molar-refractivity contribution < 1.29 is 13.2 Å². The van der Waals surface area contributed by atoms with Crippen molar-refractivity contribution in [2.75, 3.05) is 5.73 Å². The number of H-pyrrole nitrogens is 1. The Morgan fingerprint density at radius 3 is 2.73 bits per heavy atom. The maximum Gasteiger partial charge on any atom is 0.433 e. The quantitative estimate of drug-likeness (QED) is 0.503. The molecule has 1 aliphatic carbocycles. The zero-order valence-electron chi connectivity index (χ0n) is 15.4. The van der Waals surface area contributed by atoms with Crippen LogP contribution < -0.4 is 11.3 Å². The molecule has 3 N–H and O–H groups in total. The van der Waals surface area contributed by atoms with E-state index < -0.39 is 17.4 Å². The van der Waals surface area contributed by atoms with Crippen molar-refractivity contribution in [1.82, 2.24) is 19.7 Å². The first-order valence-electron chi connectivity index (χ1n) is 9.22. The molecule has 5 rings (SSSR count). The second kappa shape index (κ2) is 6.41. The molecule has 4 aromatic rings. The molecule has 1 fully saturated rings. The van der Waals surface area contributed by atoms with Gasteiger partial charge in [0.1, 0.15) is 17.0 Å². The molecule has 0 amide bonds. The van der Waals surface area contributed by atoms with Crippen LogP contribution in [-0.2, 0) is 6.18 Å². The van der Waals surface area contributed by atoms with Crippen LogP contribution in [0.15, 0.2) is 46.3 Å². The summed E-state index contributed by atoms with van der Waals surface area (Å²) in [6, 6.07) is 7.33. The Bertz CT molecular complexity index is 1380. The monoisotopic (exact) mass is 412 g/mol. The Labute approximate surface area is 167 Å². The van der Waals surface area contributed by atoms with Crippen LogP contribution in [0.2, 0.25) is 0 Å². The molecule has 0 saturated heterocycles. The highest BCUT2D eigenvalue weighted by atomic mass is 19.4. The molecular formula is C20H15F3N6O. The number of alkyl halides is 3. The van der Waals surface area contributed by atoms with Crippen molar-refractivity contribution in [2.45, 2.75) is 25.1 Å². The number of halogens is 3. The molecule has 3 heterocycles. The van der Waals surface area contributed by atoms with Crippen LogP contribution in [0.5, 0.6) is 0 Å². The van der Waals surface area contributed by atoms with Gasteiger partial charge in [0.2, 0.25) is 0 Å². The van der Waals surface area contributed by atoms with Crippen molar-refractivity contribution in [2.24, 2.45) is 4.99 Å². The smallest absolute Gasteiger partial charge is 0.394 e. The van der Waals surface area contributed by atoms with Gasteiger partial charge < -0.3 is 5.73 Å². The Morgan fingerprint density at radius 2 is 2.00 bits per heavy atom. The van der Waals surface area contributed by atoms with Gasteiger partial charge in [-0.25, -0.2) is 4.98 Å². The van der Waals surface area contributed by atoms with E-state index >= 15 is 0 Å². The number of hydrogen-bond acceptors (Lipinski definition) is 5. The number of rotatable bonds is 3. The van der Waals surface area contributed by atoms with Crippen molar-refractivity contribution in [3.63, 3.8) is 0 Å². The number of aromatic nitrogens is 4. The number of nitrogens with zero attached hydrogens (tertiary/aromatic N) is 4. The lowest BCUT2D eigenvalue weighted by molar-refractivity contribution is -0.141. The van der Waals surface area contributed by atoms with E-state index in [0.29, 0.717) is 22.0 Å². The predicted octanol–water partition coefficient (Wildman–Crippen LogP) is 3.44. The maximum absolute atomic E-state index is 13.4. The summed E-state index contributed by atoms with van der Waals surface area (Å²) in [7, 11) is 0. The zero-order valence-corrected chi connectivity index (χ0v) is 15.4. The fourth-order valence-electron chi connectivity index (χ4n) is 3.38. The van der Waals surface area contributed by atoms with Crippen LogP contribution in [0.1, 0.15) is 24.1 Å². The van der Waals surface area contributed by atoms with E-state index in [0.717, 1.165) is 23.5 Å². The van der Waals surface area contributed by atoms with E-state index in [2.05, 4.69) is 20.2 Å². The standard InChI is InChI=1S/C20H15F3N6O/c21-20(22,23)16-7-6-11-12(8-25-10-4-5-10)17(24)19(30)29(18(11)27-16)15-3-1-2-14-13(15)9-26-28-14/h1-3,6-10H,4-5,24H2,(H,26,28). The highest BCUT2D eigenvalue weighted by molar-refractivity contribution is 6.03. The van der Waals surface area contributed by atoms with Gasteiger partial charge in [0.25, 0.3) is 5.56 Å². The summed E-state index contributed by atoms with van der Waals surface area (Å²) in [5.41, 5.74) is 5.36. The summed E-state index contributed by atoms with van der Waals surface area (Å²) in [4.78, 5) is 21.4. The SMILES string of the molecule is Nc1c(C=NC2CC2)c2ccc(C(F)(F)F)nc2n(-c2cccc3[nH]ncc23)c1=O. The van der Waals surface area contributed by atoms with Crippen LogP contribution in [0.25, 0.3) is 27.6 Å². The van der Waals surface area contributed by atoms with Gasteiger partial charge in [-0.15, -0.1) is 0 Å². The molecule has 0 atom stereocenters. The van der Waals surface area contributed by atoms with Gasteiger partial charge in [-0.05, 0) is 37.1 Å². The summed E-state index contributed by atoms with van der Waals surface area (Å²) in [6.07, 6.45) is 0.165. The molecule has 0 aliphatic heterocycles. The third-order valence-corrected chi connectivity index (χ3v) is 5.06. The normalized spacial score (nSPS) is 14.9. The number of nitrogen functional groups attached to an aromatic ring is 1. The Morgan fingerprint density at radius 1 is 1.20 bits per heavy atom. The lowest BCUT2D eigenvalue weighted by Gasteiger charge is -2.16. The second-order valence-corrected chi connectivity index (χ2v) is 7.15. The van der Waals surface area contributed by atoms with Crippen molar-refractivity contribution >= 4 is 33.8 Å². The first-order valence-corrected chi connectivity index (χ1v) is 9.22. The van der Waals surface area contributed by atoms with Crippen LogP contribution in [0, 0.1) is 0 Å². The summed E-state index contributed by atoms with van der Waals surface area (Å²) in [6.45, 7) is 0. The molecule has 1 saturated carbocycles. The number of nitrogens with one attached hydrogen (secondary N) is 1. The van der Waals surface area contributed by atoms with Crippen molar-refractivity contribution in [1.29, 1.82) is 0 Å². The third-order valence-electron chi connectivity index (χ3n) is 5.06. The van der Waals surface area contributed by atoms with E-state index in [4.69, 9.17) is 5.73 Å². The van der Waals surface area contributed by atoms with E-state index in [1.807, 2.05) is 0 Å². The number of anilines is 1. The molecule has 0 spiro atoms. The van der Waals surface area contributed by atoms with Crippen molar-refractivity contribution in [3.05, 3.63) is 58.1 Å². The minimum absolute atomic E-state index is 0.103. The lowest BCUT2D eigenvalue weighted by atomic mass is 10.1. The van der Waals surface area contributed by atoms with Gasteiger partial charge in [0.05, 0.1) is 23.4 Å². The number of hydrogen-bond donors (Lipinski definition) is 2. The topological polar surface area (TPSA) is 102 Å². The first-order chi connectivity index (χ1) is 14.3. The van der Waals surface area contributed by atoms with Gasteiger partial charge in [-0.3, -0.25) is 19.5 Å². The highest BCUT2D eigenvalue weighted by Crippen LogP contribution is 2.32. The summed E-state index contributed by atoms with van der Waals surface area (Å²) < 4.78 is 41.2. The summed E-state index contributed by atoms with van der Waals surface area (Å²) in [5, 5.41) is 7.60. The van der Waals surface area contributed by atoms with Crippen LogP contribution in [-0.4, -0.2) is 32.0 Å². The first kappa shape index (κ1) is 18.3. The van der Waals surface area contributed by atoms with E-state index in [1.54, 1.807) is 18.2 Å². The number of benzene rings is 1. The number of pyridine rings is 2. The average Bonchev–Trinajstić information content (AvgIpc) is 3.41. The van der Waals surface area contributed by atoms with Crippen LogP contribution in [0.3, 0.4) is 0 Å². The third kappa shape index (κ3) is 2.92. The predicted molar refractivity (Wildman–Crippen MR) is 107 cm³/mol. The molecule has 10 heteroatoms. The van der Waals surface area contributed by atoms with Crippen molar-refractivity contribution in [3.8, 4) is 5.69 Å². The Hall–Kier alpha value is -3.69. The molecular weight excluding hydrogens is 397 g/mol. The van der Waals surface area contributed by atoms with E-state index in [-0.39, 0.29) is 22.9 Å². The van der Waals surface area contributed by atoms with Crippen LogP contribution in [0.4, 0.5) is 18.9 Å². The molecule has 152 valence electrons. The molecule has 0 unspecified atom stereocenters. The zero-order chi connectivity index (χ0) is 21.0. The highest BCUT2D eigenvalue weighted by Gasteiger charge is 2.33. The van der Waals surface area contributed by atoms with Gasteiger partial charge >= 0.3 is 6.18 Å². The molecule has 3 aromatic heterocycles. The van der Waals surface area contributed by atoms with E-state index in [1.165, 1.54) is 18.5 Å². The molecule has 1 aliphatic rings.